The van der Waals surface area contributed by atoms with E-state index in [0.29, 0.717) is 6.04 Å². The second-order valence-corrected chi connectivity index (χ2v) is 5.46. The monoisotopic (exact) mass is 260 g/mol. The molecule has 0 saturated carbocycles. The highest BCUT2D eigenvalue weighted by atomic mass is 16.1. The molecule has 1 heterocycles. The summed E-state index contributed by atoms with van der Waals surface area (Å²) in [5.74, 6) is 0.126. The van der Waals surface area contributed by atoms with Crippen LogP contribution in [-0.4, -0.2) is 32.0 Å². The number of hydrogen-bond donors (Lipinski definition) is 1. The number of nitrogens with zero attached hydrogens (tertiary/aromatic N) is 1. The van der Waals surface area contributed by atoms with Gasteiger partial charge in [-0.3, -0.25) is 4.79 Å². The molecule has 1 unspecified atom stereocenters. The lowest BCUT2D eigenvalue weighted by Crippen LogP contribution is -2.36. The summed E-state index contributed by atoms with van der Waals surface area (Å²) < 4.78 is 0. The second kappa shape index (κ2) is 6.71. The lowest BCUT2D eigenvalue weighted by Gasteiger charge is -2.27. The Kier molecular flexibility index (Phi) is 4.97. The van der Waals surface area contributed by atoms with Crippen LogP contribution in [0.1, 0.15) is 43.0 Å². The van der Waals surface area contributed by atoms with E-state index in [1.54, 1.807) is 6.92 Å². The van der Waals surface area contributed by atoms with Crippen LogP contribution < -0.4 is 10.2 Å². The predicted octanol–water partition coefficient (Wildman–Crippen LogP) is 2.86. The molecular weight excluding hydrogens is 236 g/mol. The first-order valence-electron chi connectivity index (χ1n) is 7.22. The first-order valence-corrected chi connectivity index (χ1v) is 7.22. The number of rotatable bonds is 5. The minimum Gasteiger partial charge on any atom is -0.375 e. The summed E-state index contributed by atoms with van der Waals surface area (Å²) in [5, 5.41) is 3.58. The van der Waals surface area contributed by atoms with Crippen LogP contribution in [0, 0.1) is 0 Å². The van der Waals surface area contributed by atoms with Gasteiger partial charge in [-0.1, -0.05) is 6.42 Å². The van der Waals surface area contributed by atoms with Crippen molar-refractivity contribution in [2.24, 2.45) is 0 Å². The summed E-state index contributed by atoms with van der Waals surface area (Å²) in [6.45, 7) is 3.83. The highest BCUT2D eigenvalue weighted by Crippen LogP contribution is 2.16. The van der Waals surface area contributed by atoms with Crippen molar-refractivity contribution in [3.8, 4) is 0 Å². The molecule has 1 aliphatic rings. The van der Waals surface area contributed by atoms with Gasteiger partial charge >= 0.3 is 0 Å². The van der Waals surface area contributed by atoms with E-state index in [4.69, 9.17) is 0 Å². The smallest absolute Gasteiger partial charge is 0.159 e. The normalized spacial score (nSPS) is 19.2. The van der Waals surface area contributed by atoms with Crippen LogP contribution in [0.4, 0.5) is 5.69 Å². The van der Waals surface area contributed by atoms with Gasteiger partial charge < -0.3 is 10.2 Å². The maximum atomic E-state index is 11.2. The van der Waals surface area contributed by atoms with Crippen LogP contribution in [0.15, 0.2) is 24.3 Å². The quantitative estimate of drug-likeness (QED) is 0.826. The summed E-state index contributed by atoms with van der Waals surface area (Å²) in [6, 6.07) is 8.56. The number of benzene rings is 1. The summed E-state index contributed by atoms with van der Waals surface area (Å²) in [4.78, 5) is 13.5. The molecule has 1 aromatic rings. The molecule has 1 saturated heterocycles. The molecule has 2 rings (SSSR count). The van der Waals surface area contributed by atoms with E-state index in [1.807, 2.05) is 24.3 Å². The van der Waals surface area contributed by atoms with Crippen LogP contribution in [0.5, 0.6) is 0 Å². The van der Waals surface area contributed by atoms with Crippen molar-refractivity contribution < 1.29 is 4.79 Å². The fraction of sp³-hybridized carbons (Fsp3) is 0.562. The third kappa shape index (κ3) is 4.06. The van der Waals surface area contributed by atoms with E-state index in [2.05, 4.69) is 17.3 Å². The summed E-state index contributed by atoms with van der Waals surface area (Å²) in [7, 11) is 2.12. The van der Waals surface area contributed by atoms with E-state index in [1.165, 1.54) is 37.9 Å². The Hall–Kier alpha value is -1.35. The maximum absolute atomic E-state index is 11.2. The van der Waals surface area contributed by atoms with Gasteiger partial charge in [-0.05, 0) is 57.0 Å². The molecule has 0 radical (unpaired) electrons. The Balaban J connectivity index is 1.84. The molecule has 0 amide bonds. The van der Waals surface area contributed by atoms with E-state index < -0.39 is 0 Å². The summed E-state index contributed by atoms with van der Waals surface area (Å²) >= 11 is 0. The van der Waals surface area contributed by atoms with Gasteiger partial charge in [-0.25, -0.2) is 0 Å². The number of carbonyl (C=O) groups is 1. The molecule has 1 fully saturated rings. The Bertz CT molecular complexity index is 407. The van der Waals surface area contributed by atoms with Crippen molar-refractivity contribution >= 4 is 11.5 Å². The molecule has 3 nitrogen and oxygen atoms in total. The average Bonchev–Trinajstić information content (AvgIpc) is 2.46. The lowest BCUT2D eigenvalue weighted by atomic mass is 10.0. The minimum absolute atomic E-state index is 0.126. The van der Waals surface area contributed by atoms with Gasteiger partial charge in [-0.2, -0.15) is 0 Å². The van der Waals surface area contributed by atoms with Crippen LogP contribution in [0.25, 0.3) is 0 Å². The summed E-state index contributed by atoms with van der Waals surface area (Å²) in [6.07, 6.45) is 5.16. The molecule has 1 N–H and O–H groups in total. The molecule has 0 bridgehead atoms. The third-order valence-electron chi connectivity index (χ3n) is 3.94. The van der Waals surface area contributed by atoms with Crippen molar-refractivity contribution in [1.82, 2.24) is 5.32 Å². The first kappa shape index (κ1) is 14.1. The van der Waals surface area contributed by atoms with Crippen molar-refractivity contribution in [2.45, 2.75) is 38.6 Å². The minimum atomic E-state index is 0.126. The molecule has 1 aromatic carbocycles. The third-order valence-corrected chi connectivity index (χ3v) is 3.94. The van der Waals surface area contributed by atoms with Gasteiger partial charge in [0.2, 0.25) is 0 Å². The van der Waals surface area contributed by atoms with Crippen LogP contribution >= 0.6 is 0 Å². The van der Waals surface area contributed by atoms with Crippen LogP contribution in [-0.2, 0) is 0 Å². The van der Waals surface area contributed by atoms with Gasteiger partial charge in [0.25, 0.3) is 0 Å². The van der Waals surface area contributed by atoms with E-state index in [-0.39, 0.29) is 5.78 Å². The number of anilines is 1. The Morgan fingerprint density at radius 2 is 2.05 bits per heavy atom. The molecule has 1 atom stereocenters. The number of carbonyl (C=O) groups excluding carboxylic acids is 1. The molecule has 3 heteroatoms. The van der Waals surface area contributed by atoms with Crippen LogP contribution in [0.3, 0.4) is 0 Å². The van der Waals surface area contributed by atoms with Gasteiger partial charge in [-0.15, -0.1) is 0 Å². The van der Waals surface area contributed by atoms with Crippen molar-refractivity contribution in [2.75, 3.05) is 25.0 Å². The highest BCUT2D eigenvalue weighted by molar-refractivity contribution is 5.94. The van der Waals surface area contributed by atoms with Gasteiger partial charge in [0, 0.05) is 30.9 Å². The van der Waals surface area contributed by atoms with Crippen molar-refractivity contribution in [3.63, 3.8) is 0 Å². The Labute approximate surface area is 116 Å². The second-order valence-electron chi connectivity index (χ2n) is 5.46. The molecule has 19 heavy (non-hydrogen) atoms. The maximum Gasteiger partial charge on any atom is 0.159 e. The van der Waals surface area contributed by atoms with Crippen molar-refractivity contribution in [3.05, 3.63) is 29.8 Å². The predicted molar refractivity (Wildman–Crippen MR) is 80.0 cm³/mol. The molecule has 1 aliphatic heterocycles. The Morgan fingerprint density at radius 3 is 2.63 bits per heavy atom. The molecule has 0 spiro atoms. The number of hydrogen-bond acceptors (Lipinski definition) is 3. The van der Waals surface area contributed by atoms with E-state index in [9.17, 15) is 4.79 Å². The van der Waals surface area contributed by atoms with Gasteiger partial charge in [0.1, 0.15) is 0 Å². The zero-order valence-electron chi connectivity index (χ0n) is 12.0. The number of Topliss-reactive ketones (excluding diaryl/α,β-unsaturated/α-hetero) is 1. The molecule has 0 aromatic heterocycles. The fourth-order valence-corrected chi connectivity index (χ4v) is 2.60. The largest absolute Gasteiger partial charge is 0.375 e. The molecular formula is C16H24N2O. The molecule has 104 valence electrons. The number of ketones is 1. The molecule has 0 aliphatic carbocycles. The number of nitrogens with one attached hydrogen (secondary N) is 1. The summed E-state index contributed by atoms with van der Waals surface area (Å²) in [5.41, 5.74) is 1.96. The van der Waals surface area contributed by atoms with Gasteiger partial charge in [0.05, 0.1) is 0 Å². The van der Waals surface area contributed by atoms with Gasteiger partial charge in [0.15, 0.2) is 5.78 Å². The average molecular weight is 260 g/mol. The fourth-order valence-electron chi connectivity index (χ4n) is 2.60. The van der Waals surface area contributed by atoms with Crippen LogP contribution in [0.2, 0.25) is 0 Å². The SMILES string of the molecule is CC(=O)c1ccc(N(C)CCC2CCCCN2)cc1. The van der Waals surface area contributed by atoms with E-state index >= 15 is 0 Å². The topological polar surface area (TPSA) is 32.3 Å². The van der Waals surface area contributed by atoms with Crippen molar-refractivity contribution in [1.29, 1.82) is 0 Å². The van der Waals surface area contributed by atoms with E-state index in [0.717, 1.165) is 12.1 Å². The standard InChI is InChI=1S/C16H24N2O/c1-13(19)14-6-8-16(9-7-14)18(2)12-10-15-5-3-4-11-17-15/h6-9,15,17H,3-5,10-12H2,1-2H3. The highest BCUT2D eigenvalue weighted by Gasteiger charge is 2.13. The zero-order valence-corrected chi connectivity index (χ0v) is 12.0. The number of piperidine rings is 1. The first-order chi connectivity index (χ1) is 9.16. The Morgan fingerprint density at radius 1 is 1.32 bits per heavy atom. The zero-order chi connectivity index (χ0) is 13.7. The lowest BCUT2D eigenvalue weighted by molar-refractivity contribution is 0.101.